The van der Waals surface area contributed by atoms with Crippen LogP contribution in [0.15, 0.2) is 0 Å². The lowest BCUT2D eigenvalue weighted by Crippen LogP contribution is -2.48. The fourth-order valence-electron chi connectivity index (χ4n) is 2.08. The summed E-state index contributed by atoms with van der Waals surface area (Å²) in [5.41, 5.74) is -0.100. The summed E-state index contributed by atoms with van der Waals surface area (Å²) in [7, 11) is 0. The highest BCUT2D eigenvalue weighted by Gasteiger charge is 2.30. The maximum absolute atomic E-state index is 9.38. The van der Waals surface area contributed by atoms with Gasteiger partial charge in [-0.3, -0.25) is 0 Å². The predicted molar refractivity (Wildman–Crippen MR) is 64.1 cm³/mol. The van der Waals surface area contributed by atoms with Gasteiger partial charge in [-0.05, 0) is 39.3 Å². The van der Waals surface area contributed by atoms with Crippen molar-refractivity contribution in [3.05, 3.63) is 0 Å². The number of hydrogen-bond acceptors (Lipinski definition) is 3. The predicted octanol–water partition coefficient (Wildman–Crippen LogP) is 1.22. The molecule has 0 aromatic heterocycles. The highest BCUT2D eigenvalue weighted by atomic mass is 16.3. The molecule has 1 saturated carbocycles. The van der Waals surface area contributed by atoms with Gasteiger partial charge in [0.2, 0.25) is 0 Å². The van der Waals surface area contributed by atoms with E-state index in [-0.39, 0.29) is 12.1 Å². The van der Waals surface area contributed by atoms with E-state index < -0.39 is 0 Å². The monoisotopic (exact) mass is 214 g/mol. The van der Waals surface area contributed by atoms with Gasteiger partial charge in [0.25, 0.3) is 0 Å². The third-order valence-electron chi connectivity index (χ3n) is 3.37. The van der Waals surface area contributed by atoms with Crippen molar-refractivity contribution in [2.45, 2.75) is 51.6 Å². The molecule has 1 unspecified atom stereocenters. The first-order valence-electron chi connectivity index (χ1n) is 6.25. The molecule has 1 aliphatic carbocycles. The van der Waals surface area contributed by atoms with Gasteiger partial charge in [0.05, 0.1) is 6.61 Å². The Kier molecular flexibility index (Phi) is 5.03. The third-order valence-corrected chi connectivity index (χ3v) is 3.37. The molecular weight excluding hydrogens is 188 g/mol. The van der Waals surface area contributed by atoms with Crippen molar-refractivity contribution in [1.29, 1.82) is 0 Å². The molecule has 0 aromatic rings. The van der Waals surface area contributed by atoms with Crippen LogP contribution in [0.25, 0.3) is 0 Å². The van der Waals surface area contributed by atoms with E-state index in [1.165, 1.54) is 12.8 Å². The van der Waals surface area contributed by atoms with Crippen molar-refractivity contribution in [3.8, 4) is 0 Å². The van der Waals surface area contributed by atoms with Crippen LogP contribution in [0.1, 0.15) is 40.0 Å². The first-order chi connectivity index (χ1) is 7.15. The Hall–Kier alpha value is -0.120. The lowest BCUT2D eigenvalue weighted by atomic mass is 9.98. The zero-order chi connectivity index (χ0) is 11.3. The van der Waals surface area contributed by atoms with E-state index in [0.717, 1.165) is 32.1 Å². The molecule has 0 radical (unpaired) electrons. The number of likely N-dealkylation sites (N-methyl/N-ethyl adjacent to an activating group) is 1. The molecule has 15 heavy (non-hydrogen) atoms. The van der Waals surface area contributed by atoms with Gasteiger partial charge < -0.3 is 15.3 Å². The van der Waals surface area contributed by atoms with E-state index in [9.17, 15) is 5.11 Å². The molecule has 3 heteroatoms. The lowest BCUT2D eigenvalue weighted by molar-refractivity contribution is 0.146. The molecular formula is C12H26N2O. The molecule has 0 aliphatic heterocycles. The third kappa shape index (κ3) is 4.09. The summed E-state index contributed by atoms with van der Waals surface area (Å²) in [6.07, 6.45) is 3.76. The lowest BCUT2D eigenvalue weighted by Gasteiger charge is -2.31. The molecule has 1 atom stereocenters. The van der Waals surface area contributed by atoms with Gasteiger partial charge in [-0.25, -0.2) is 0 Å². The Balaban J connectivity index is 2.31. The second-order valence-electron chi connectivity index (χ2n) is 4.86. The molecule has 2 N–H and O–H groups in total. The van der Waals surface area contributed by atoms with Crippen molar-refractivity contribution in [2.75, 3.05) is 26.2 Å². The Labute approximate surface area is 93.9 Å². The van der Waals surface area contributed by atoms with Crippen LogP contribution in [0.2, 0.25) is 0 Å². The normalized spacial score (nSPS) is 20.6. The van der Waals surface area contributed by atoms with Crippen LogP contribution >= 0.6 is 0 Å². The summed E-state index contributed by atoms with van der Waals surface area (Å²) in [5.74, 6) is 0. The van der Waals surface area contributed by atoms with Gasteiger partial charge in [-0.2, -0.15) is 0 Å². The standard InChI is InChI=1S/C12H26N2O/c1-4-13-12(3,10-15)8-9-14(5-2)11-6-7-11/h11,13,15H,4-10H2,1-3H3. The summed E-state index contributed by atoms with van der Waals surface area (Å²) >= 11 is 0. The van der Waals surface area contributed by atoms with Crippen LogP contribution in [-0.2, 0) is 0 Å². The molecule has 0 saturated heterocycles. The van der Waals surface area contributed by atoms with Gasteiger partial charge in [0.15, 0.2) is 0 Å². The van der Waals surface area contributed by atoms with Crippen molar-refractivity contribution in [2.24, 2.45) is 0 Å². The molecule has 90 valence electrons. The molecule has 0 heterocycles. The van der Waals surface area contributed by atoms with Crippen molar-refractivity contribution in [1.82, 2.24) is 10.2 Å². The average Bonchev–Trinajstić information content (AvgIpc) is 3.03. The Morgan fingerprint density at radius 1 is 1.40 bits per heavy atom. The molecule has 0 bridgehead atoms. The number of aliphatic hydroxyl groups excluding tert-OH is 1. The van der Waals surface area contributed by atoms with E-state index >= 15 is 0 Å². The number of nitrogens with zero attached hydrogens (tertiary/aromatic N) is 1. The van der Waals surface area contributed by atoms with Crippen molar-refractivity contribution in [3.63, 3.8) is 0 Å². The number of hydrogen-bond donors (Lipinski definition) is 2. The zero-order valence-electron chi connectivity index (χ0n) is 10.4. The molecule has 1 fully saturated rings. The number of aliphatic hydroxyl groups is 1. The van der Waals surface area contributed by atoms with E-state index in [1.54, 1.807) is 0 Å². The topological polar surface area (TPSA) is 35.5 Å². The maximum Gasteiger partial charge on any atom is 0.0611 e. The van der Waals surface area contributed by atoms with E-state index in [2.05, 4.69) is 31.0 Å². The van der Waals surface area contributed by atoms with Gasteiger partial charge in [0.1, 0.15) is 0 Å². The minimum absolute atomic E-state index is 0.100. The van der Waals surface area contributed by atoms with Crippen LogP contribution in [0.3, 0.4) is 0 Å². The quantitative estimate of drug-likeness (QED) is 0.638. The van der Waals surface area contributed by atoms with Crippen LogP contribution in [0.5, 0.6) is 0 Å². The Morgan fingerprint density at radius 2 is 2.07 bits per heavy atom. The van der Waals surface area contributed by atoms with Gasteiger partial charge in [-0.1, -0.05) is 13.8 Å². The summed E-state index contributed by atoms with van der Waals surface area (Å²) in [4.78, 5) is 2.53. The molecule has 0 spiro atoms. The molecule has 0 aromatic carbocycles. The smallest absolute Gasteiger partial charge is 0.0611 e. The van der Waals surface area contributed by atoms with E-state index in [4.69, 9.17) is 0 Å². The Bertz CT molecular complexity index is 182. The zero-order valence-corrected chi connectivity index (χ0v) is 10.4. The number of rotatable bonds is 8. The van der Waals surface area contributed by atoms with Gasteiger partial charge in [-0.15, -0.1) is 0 Å². The second-order valence-corrected chi connectivity index (χ2v) is 4.86. The SMILES string of the molecule is CCNC(C)(CO)CCN(CC)C1CC1. The maximum atomic E-state index is 9.38. The summed E-state index contributed by atoms with van der Waals surface area (Å²) in [6.45, 7) is 9.81. The van der Waals surface area contributed by atoms with Crippen LogP contribution in [-0.4, -0.2) is 47.8 Å². The minimum Gasteiger partial charge on any atom is -0.394 e. The van der Waals surface area contributed by atoms with E-state index in [1.807, 2.05) is 0 Å². The van der Waals surface area contributed by atoms with Gasteiger partial charge in [0, 0.05) is 18.1 Å². The average molecular weight is 214 g/mol. The highest BCUT2D eigenvalue weighted by Crippen LogP contribution is 2.27. The Morgan fingerprint density at radius 3 is 2.47 bits per heavy atom. The fourth-order valence-corrected chi connectivity index (χ4v) is 2.08. The fraction of sp³-hybridized carbons (Fsp3) is 1.00. The molecule has 1 aliphatic rings. The van der Waals surface area contributed by atoms with Gasteiger partial charge >= 0.3 is 0 Å². The van der Waals surface area contributed by atoms with Crippen LogP contribution < -0.4 is 5.32 Å². The van der Waals surface area contributed by atoms with Crippen molar-refractivity contribution >= 4 is 0 Å². The first-order valence-corrected chi connectivity index (χ1v) is 6.25. The van der Waals surface area contributed by atoms with Crippen molar-refractivity contribution < 1.29 is 5.11 Å². The first kappa shape index (κ1) is 12.9. The van der Waals surface area contributed by atoms with Crippen LogP contribution in [0, 0.1) is 0 Å². The van der Waals surface area contributed by atoms with E-state index in [0.29, 0.717) is 0 Å². The summed E-state index contributed by atoms with van der Waals surface area (Å²) in [5, 5.41) is 12.7. The largest absolute Gasteiger partial charge is 0.394 e. The molecule has 0 amide bonds. The summed E-state index contributed by atoms with van der Waals surface area (Å²) in [6, 6.07) is 0.833. The molecule has 3 nitrogen and oxygen atoms in total. The highest BCUT2D eigenvalue weighted by molar-refractivity contribution is 4.88. The minimum atomic E-state index is -0.100. The van der Waals surface area contributed by atoms with Crippen LogP contribution in [0.4, 0.5) is 0 Å². The molecule has 1 rings (SSSR count). The second kappa shape index (κ2) is 5.83. The number of nitrogens with one attached hydrogen (secondary N) is 1. The summed E-state index contributed by atoms with van der Waals surface area (Å²) < 4.78 is 0.